The molecule has 2 aromatic carbocycles. The van der Waals surface area contributed by atoms with Crippen LogP contribution in [0.4, 0.5) is 5.69 Å². The molecule has 0 unspecified atom stereocenters. The van der Waals surface area contributed by atoms with Crippen molar-refractivity contribution in [2.75, 3.05) is 37.6 Å². The van der Waals surface area contributed by atoms with Gasteiger partial charge < -0.3 is 4.90 Å². The van der Waals surface area contributed by atoms with E-state index in [1.165, 1.54) is 40.3 Å². The Morgan fingerprint density at radius 3 is 2.39 bits per heavy atom. The number of aryl methyl sites for hydroxylation is 3. The molecule has 0 radical (unpaired) electrons. The minimum absolute atomic E-state index is 1.05. The highest BCUT2D eigenvalue weighted by Crippen LogP contribution is 2.24. The maximum Gasteiger partial charge on any atom is 0.0648 e. The number of rotatable bonds is 8. The first kappa shape index (κ1) is 21.6. The molecule has 0 N–H and O–H groups in total. The Bertz CT molecular complexity index is 968. The summed E-state index contributed by atoms with van der Waals surface area (Å²) in [6.45, 7) is 12.4. The minimum Gasteiger partial charge on any atom is -0.369 e. The molecule has 4 heteroatoms. The van der Waals surface area contributed by atoms with Gasteiger partial charge in [0.25, 0.3) is 0 Å². The minimum atomic E-state index is 1.05. The Kier molecular flexibility index (Phi) is 7.08. The number of nitrogens with zero attached hydrogens (tertiary/aromatic N) is 4. The first-order valence-corrected chi connectivity index (χ1v) is 11.8. The number of hydrogen-bond donors (Lipinski definition) is 0. The van der Waals surface area contributed by atoms with E-state index in [1.807, 2.05) is 0 Å². The summed E-state index contributed by atoms with van der Waals surface area (Å²) < 4.78 is 2.14. The monoisotopic (exact) mass is 416 g/mol. The summed E-state index contributed by atoms with van der Waals surface area (Å²) in [5.74, 6) is 0. The lowest BCUT2D eigenvalue weighted by molar-refractivity contribution is 0.254. The van der Waals surface area contributed by atoms with E-state index in [-0.39, 0.29) is 0 Å². The predicted octanol–water partition coefficient (Wildman–Crippen LogP) is 5.20. The zero-order valence-electron chi connectivity index (χ0n) is 19.3. The van der Waals surface area contributed by atoms with E-state index in [9.17, 15) is 0 Å². The van der Waals surface area contributed by atoms with E-state index >= 15 is 0 Å². The number of para-hydroxylation sites is 1. The summed E-state index contributed by atoms with van der Waals surface area (Å²) >= 11 is 0. The van der Waals surface area contributed by atoms with Gasteiger partial charge in [0.05, 0.1) is 11.4 Å². The first-order chi connectivity index (χ1) is 15.2. The van der Waals surface area contributed by atoms with Gasteiger partial charge in [-0.2, -0.15) is 5.10 Å². The highest BCUT2D eigenvalue weighted by atomic mass is 15.3. The Balaban J connectivity index is 1.30. The Labute approximate surface area is 187 Å². The molecule has 31 heavy (non-hydrogen) atoms. The smallest absolute Gasteiger partial charge is 0.0648 e. The van der Waals surface area contributed by atoms with Crippen molar-refractivity contribution in [1.82, 2.24) is 14.7 Å². The van der Waals surface area contributed by atoms with Crippen LogP contribution in [0.15, 0.2) is 54.6 Å². The highest BCUT2D eigenvalue weighted by molar-refractivity contribution is 5.56. The van der Waals surface area contributed by atoms with Gasteiger partial charge in [-0.15, -0.1) is 0 Å². The van der Waals surface area contributed by atoms with Crippen LogP contribution in [0.5, 0.6) is 0 Å². The number of benzene rings is 2. The van der Waals surface area contributed by atoms with Crippen molar-refractivity contribution in [2.45, 2.75) is 46.5 Å². The summed E-state index contributed by atoms with van der Waals surface area (Å²) in [5, 5.41) is 4.94. The second-order valence-corrected chi connectivity index (χ2v) is 8.78. The van der Waals surface area contributed by atoms with Crippen LogP contribution in [0.2, 0.25) is 0 Å². The highest BCUT2D eigenvalue weighted by Gasteiger charge is 2.18. The zero-order chi connectivity index (χ0) is 21.6. The molecule has 0 amide bonds. The third-order valence-electron chi connectivity index (χ3n) is 6.54. The number of hydrogen-bond acceptors (Lipinski definition) is 3. The number of piperazine rings is 1. The average Bonchev–Trinajstić information content (AvgIpc) is 3.20. The van der Waals surface area contributed by atoms with Gasteiger partial charge in [0, 0.05) is 37.6 Å². The maximum absolute atomic E-state index is 4.94. The molecule has 3 aromatic rings. The molecule has 1 aromatic heterocycles. The van der Waals surface area contributed by atoms with Crippen molar-refractivity contribution >= 4 is 5.69 Å². The van der Waals surface area contributed by atoms with Gasteiger partial charge in [-0.1, -0.05) is 43.7 Å². The average molecular weight is 417 g/mol. The van der Waals surface area contributed by atoms with Gasteiger partial charge >= 0.3 is 0 Å². The quantitative estimate of drug-likeness (QED) is 0.505. The molecule has 1 fully saturated rings. The molecule has 0 aliphatic carbocycles. The van der Waals surface area contributed by atoms with Crippen molar-refractivity contribution in [2.24, 2.45) is 0 Å². The Hall–Kier alpha value is -2.59. The first-order valence-electron chi connectivity index (χ1n) is 11.8. The molecule has 1 aliphatic heterocycles. The van der Waals surface area contributed by atoms with Gasteiger partial charge in [0.15, 0.2) is 0 Å². The third-order valence-corrected chi connectivity index (χ3v) is 6.54. The van der Waals surface area contributed by atoms with E-state index < -0.39 is 0 Å². The van der Waals surface area contributed by atoms with Crippen molar-refractivity contribution in [3.8, 4) is 5.69 Å². The number of anilines is 1. The van der Waals surface area contributed by atoms with Crippen molar-refractivity contribution in [3.05, 3.63) is 77.1 Å². The largest absolute Gasteiger partial charge is 0.369 e. The van der Waals surface area contributed by atoms with E-state index in [0.717, 1.165) is 52.0 Å². The van der Waals surface area contributed by atoms with E-state index in [1.54, 1.807) is 0 Å². The lowest BCUT2D eigenvalue weighted by Crippen LogP contribution is -2.47. The lowest BCUT2D eigenvalue weighted by Gasteiger charge is -2.37. The Morgan fingerprint density at radius 2 is 1.65 bits per heavy atom. The van der Waals surface area contributed by atoms with Crippen LogP contribution in [0.1, 0.15) is 42.3 Å². The third kappa shape index (κ3) is 5.19. The van der Waals surface area contributed by atoms with Crippen LogP contribution in [0, 0.1) is 13.8 Å². The summed E-state index contributed by atoms with van der Waals surface area (Å²) in [5.41, 5.74) is 7.94. The predicted molar refractivity (Wildman–Crippen MR) is 130 cm³/mol. The van der Waals surface area contributed by atoms with E-state index in [0.29, 0.717) is 0 Å². The van der Waals surface area contributed by atoms with Crippen molar-refractivity contribution in [3.63, 3.8) is 0 Å². The van der Waals surface area contributed by atoms with Crippen LogP contribution in [0.25, 0.3) is 5.69 Å². The SMILES string of the molecule is CCCc1cc(CCCN2CCN(c3cccc(C)c3C)CC2)nn1-c1ccccc1. The van der Waals surface area contributed by atoms with Crippen LogP contribution >= 0.6 is 0 Å². The molecule has 0 bridgehead atoms. The molecular weight excluding hydrogens is 380 g/mol. The summed E-state index contributed by atoms with van der Waals surface area (Å²) in [4.78, 5) is 5.17. The van der Waals surface area contributed by atoms with E-state index in [4.69, 9.17) is 5.10 Å². The normalized spacial score (nSPS) is 14.9. The molecule has 0 saturated carbocycles. The zero-order valence-corrected chi connectivity index (χ0v) is 19.3. The molecule has 2 heterocycles. The maximum atomic E-state index is 4.94. The van der Waals surface area contributed by atoms with Gasteiger partial charge in [-0.25, -0.2) is 4.68 Å². The van der Waals surface area contributed by atoms with Crippen molar-refractivity contribution < 1.29 is 0 Å². The molecular formula is C27H36N4. The molecule has 4 rings (SSSR count). The van der Waals surface area contributed by atoms with Gasteiger partial charge in [-0.05, 0) is 75.0 Å². The lowest BCUT2D eigenvalue weighted by atomic mass is 10.1. The summed E-state index contributed by atoms with van der Waals surface area (Å²) in [6.07, 6.45) is 4.43. The van der Waals surface area contributed by atoms with Crippen LogP contribution in [-0.4, -0.2) is 47.4 Å². The standard InChI is InChI=1S/C27H36N4/c1-4-10-26-21-24(28-31(26)25-13-6-5-7-14-25)12-9-16-29-17-19-30(20-18-29)27-15-8-11-22(2)23(27)3/h5-8,11,13-15,21H,4,9-10,12,16-20H2,1-3H3. The van der Waals surface area contributed by atoms with Crippen LogP contribution in [-0.2, 0) is 12.8 Å². The Morgan fingerprint density at radius 1 is 0.871 bits per heavy atom. The topological polar surface area (TPSA) is 24.3 Å². The van der Waals surface area contributed by atoms with Crippen LogP contribution in [0.3, 0.4) is 0 Å². The molecule has 1 saturated heterocycles. The molecule has 164 valence electrons. The van der Waals surface area contributed by atoms with Crippen molar-refractivity contribution in [1.29, 1.82) is 0 Å². The van der Waals surface area contributed by atoms with E-state index in [2.05, 4.69) is 89.9 Å². The molecule has 1 aliphatic rings. The molecule has 0 atom stereocenters. The second kappa shape index (κ2) is 10.1. The summed E-state index contributed by atoms with van der Waals surface area (Å²) in [6, 6.07) is 19.5. The van der Waals surface area contributed by atoms with Gasteiger partial charge in [0.1, 0.15) is 0 Å². The second-order valence-electron chi connectivity index (χ2n) is 8.78. The fourth-order valence-corrected chi connectivity index (χ4v) is 4.60. The number of aromatic nitrogens is 2. The van der Waals surface area contributed by atoms with Gasteiger partial charge in [0.2, 0.25) is 0 Å². The fourth-order valence-electron chi connectivity index (χ4n) is 4.60. The van der Waals surface area contributed by atoms with Crippen LogP contribution < -0.4 is 4.90 Å². The molecule has 4 nitrogen and oxygen atoms in total. The molecule has 0 spiro atoms. The fraction of sp³-hybridized carbons (Fsp3) is 0.444. The summed E-state index contributed by atoms with van der Waals surface area (Å²) in [7, 11) is 0. The van der Waals surface area contributed by atoms with Gasteiger partial charge in [-0.3, -0.25) is 4.90 Å².